The number of hydrogen-bond donors (Lipinski definition) is 12. The fourth-order valence-electron chi connectivity index (χ4n) is 8.69. The number of ether oxygens (including phenoxy) is 5. The van der Waals surface area contributed by atoms with Gasteiger partial charge >= 0.3 is 30.5 Å². The number of nitrogens with one attached hydrogen (secondary N) is 9. The highest BCUT2D eigenvalue weighted by Gasteiger charge is 2.35. The molecule has 0 spiro atoms. The van der Waals surface area contributed by atoms with Gasteiger partial charge in [-0.1, -0.05) is 30.3 Å². The Labute approximate surface area is 521 Å². The van der Waals surface area contributed by atoms with Gasteiger partial charge in [-0.3, -0.25) is 24.0 Å². The molecule has 0 radical (unpaired) electrons. The molecule has 1 unspecified atom stereocenters. The standard InChI is InChI=1S/C62H97N9O18/c1-58(2,3)85-53(80)66-33-41(72)32-45-48(75)31-40(28-36-19-18-20-37(27-36)38-22-23-47(74)39(29-38)30-46(52(79)68-45)71-57(84)89-62(13,14)15)49(76)64-26-24-44(70-56(83)88-61(10,11)12)50(77)63-25-17-16-21-43(69-55(82)87-60(7,8)9)51(78)65-34-42(73)35-67-54(81)86-59(4,5)6/h18-20,22-23,27,29,40-46,72-74H,16-17,21,24-26,28,30-35H2,1-15H3,(H,63,77)(H,64,76)(H,65,78)(H,66,80)(H,67,81)(H,68,79)(H,69,82)(H,70,83)(H,71,84)/t40-,41-,42?,43+,44+,45+,46+/m1/s1. The van der Waals surface area contributed by atoms with Crippen molar-refractivity contribution < 1.29 is 86.9 Å². The number of unbranched alkanes of at least 4 members (excludes halogenated alkanes) is 1. The molecular formula is C62H97N9O18. The van der Waals surface area contributed by atoms with E-state index in [-0.39, 0.29) is 76.0 Å². The van der Waals surface area contributed by atoms with Gasteiger partial charge in [0.15, 0.2) is 5.78 Å². The first kappa shape index (κ1) is 75.3. The molecule has 0 saturated heterocycles. The number of Topliss-reactive ketones (excluding diaryl/α,β-unsaturated/α-hetero) is 1. The van der Waals surface area contributed by atoms with Gasteiger partial charge in [0.05, 0.1) is 18.2 Å². The van der Waals surface area contributed by atoms with Crippen molar-refractivity contribution in [3.8, 4) is 16.9 Å². The van der Waals surface area contributed by atoms with Crippen molar-refractivity contribution in [3.05, 3.63) is 53.6 Å². The lowest BCUT2D eigenvalue weighted by molar-refractivity contribution is -0.132. The highest BCUT2D eigenvalue weighted by Crippen LogP contribution is 2.29. The number of aromatic hydroxyl groups is 1. The Morgan fingerprint density at radius 3 is 1.60 bits per heavy atom. The summed E-state index contributed by atoms with van der Waals surface area (Å²) in [4.78, 5) is 135. The Kier molecular flexibility index (Phi) is 28.4. The minimum Gasteiger partial charge on any atom is -0.508 e. The largest absolute Gasteiger partial charge is 0.508 e. The molecule has 7 atom stereocenters. The number of phenolic OH excluding ortho intramolecular Hbond substituents is 1. The first-order chi connectivity index (χ1) is 41.0. The van der Waals surface area contributed by atoms with Crippen LogP contribution in [0.5, 0.6) is 5.75 Å². The molecule has 1 aliphatic heterocycles. The molecule has 0 fully saturated rings. The zero-order valence-corrected chi connectivity index (χ0v) is 54.2. The minimum absolute atomic E-state index is 0.0174. The van der Waals surface area contributed by atoms with Crippen molar-refractivity contribution >= 4 is 59.9 Å². The molecule has 3 rings (SSSR count). The second-order valence-electron chi connectivity index (χ2n) is 26.9. The molecule has 4 bridgehead atoms. The van der Waals surface area contributed by atoms with Crippen molar-refractivity contribution in [2.75, 3.05) is 32.7 Å². The average Bonchev–Trinajstić information content (AvgIpc) is 1.96. The van der Waals surface area contributed by atoms with Gasteiger partial charge in [-0.2, -0.15) is 0 Å². The summed E-state index contributed by atoms with van der Waals surface area (Å²) in [6.45, 7) is 23.5. The number of carbonyl (C=O) groups excluding carboxylic acids is 10. The van der Waals surface area contributed by atoms with Gasteiger partial charge in [0.2, 0.25) is 23.6 Å². The highest BCUT2D eigenvalue weighted by molar-refractivity contribution is 5.95. The van der Waals surface area contributed by atoms with Crippen LogP contribution in [0.25, 0.3) is 11.1 Å². The maximum Gasteiger partial charge on any atom is 0.408 e. The molecule has 89 heavy (non-hydrogen) atoms. The maximum atomic E-state index is 14.7. The van der Waals surface area contributed by atoms with Crippen molar-refractivity contribution in [3.63, 3.8) is 0 Å². The Hall–Kier alpha value is -7.94. The zero-order chi connectivity index (χ0) is 67.2. The average molecular weight is 1260 g/mol. The van der Waals surface area contributed by atoms with Crippen LogP contribution in [0.15, 0.2) is 42.5 Å². The SMILES string of the molecule is CC(C)(C)OC(=O)NCC(O)CNC(=O)[C@H](CCCCNC(=O)[C@H](CCNC(=O)[C@H]1CC(=O)[C@H](C[C@@H](O)CNC(=O)OC(C)(C)C)NC(=O)[C@@H](NC(=O)OC(C)(C)C)Cc2cc(ccc2O)-c2cccc(c2)C1)NC(=O)OC(C)(C)C)NC(=O)OC(C)(C)C. The van der Waals surface area contributed by atoms with Crippen LogP contribution in [0, 0.1) is 5.92 Å². The molecule has 27 nitrogen and oxygen atoms in total. The Morgan fingerprint density at radius 2 is 1.03 bits per heavy atom. The number of benzene rings is 2. The second kappa shape index (κ2) is 33.6. The molecule has 9 amide bonds. The van der Waals surface area contributed by atoms with Crippen LogP contribution in [0.2, 0.25) is 0 Å². The number of fused-ring (bicyclic) bond motifs is 5. The van der Waals surface area contributed by atoms with Crippen LogP contribution in [0.4, 0.5) is 24.0 Å². The topological polar surface area (TPSA) is 386 Å². The van der Waals surface area contributed by atoms with Crippen molar-refractivity contribution in [2.24, 2.45) is 5.92 Å². The summed E-state index contributed by atoms with van der Waals surface area (Å²) >= 11 is 0. The van der Waals surface area contributed by atoms with E-state index < -0.39 is 150 Å². The predicted molar refractivity (Wildman–Crippen MR) is 328 cm³/mol. The normalized spacial score (nSPS) is 17.2. The van der Waals surface area contributed by atoms with Gasteiger partial charge in [0.1, 0.15) is 51.9 Å². The van der Waals surface area contributed by atoms with E-state index in [4.69, 9.17) is 23.7 Å². The van der Waals surface area contributed by atoms with E-state index in [9.17, 15) is 63.3 Å². The molecule has 2 aromatic rings. The van der Waals surface area contributed by atoms with E-state index in [2.05, 4.69) is 47.9 Å². The Balaban J connectivity index is 1.90. The van der Waals surface area contributed by atoms with Gasteiger partial charge in [0.25, 0.3) is 0 Å². The van der Waals surface area contributed by atoms with Crippen molar-refractivity contribution in [1.29, 1.82) is 0 Å². The number of aliphatic hydroxyl groups is 2. The Bertz CT molecular complexity index is 2760. The van der Waals surface area contributed by atoms with E-state index in [1.54, 1.807) is 140 Å². The van der Waals surface area contributed by atoms with Crippen LogP contribution in [-0.4, -0.2) is 172 Å². The summed E-state index contributed by atoms with van der Waals surface area (Å²) in [5.41, 5.74) is -2.42. The number of alkyl carbamates (subject to hydrolysis) is 5. The van der Waals surface area contributed by atoms with Gasteiger partial charge in [-0.25, -0.2) is 24.0 Å². The number of phenols is 1. The molecule has 27 heteroatoms. The third-order valence-electron chi connectivity index (χ3n) is 12.5. The second-order valence-corrected chi connectivity index (χ2v) is 26.9. The number of rotatable bonds is 22. The van der Waals surface area contributed by atoms with Crippen LogP contribution in [0.3, 0.4) is 0 Å². The minimum atomic E-state index is -1.54. The molecule has 1 aliphatic rings. The van der Waals surface area contributed by atoms with Crippen LogP contribution < -0.4 is 47.9 Å². The van der Waals surface area contributed by atoms with Crippen molar-refractivity contribution in [1.82, 2.24) is 47.9 Å². The third kappa shape index (κ3) is 31.2. The van der Waals surface area contributed by atoms with Gasteiger partial charge in [-0.05, 0) is 170 Å². The number of hydrogen-bond acceptors (Lipinski definition) is 18. The van der Waals surface area contributed by atoms with E-state index in [0.717, 1.165) is 0 Å². The molecule has 12 N–H and O–H groups in total. The summed E-state index contributed by atoms with van der Waals surface area (Å²) in [5.74, 6) is -4.99. The van der Waals surface area contributed by atoms with E-state index in [1.165, 1.54) is 6.07 Å². The summed E-state index contributed by atoms with van der Waals surface area (Å²) in [6.07, 6.45) is -8.10. The highest BCUT2D eigenvalue weighted by atomic mass is 16.6. The lowest BCUT2D eigenvalue weighted by Crippen LogP contribution is -2.54. The van der Waals surface area contributed by atoms with Gasteiger partial charge < -0.3 is 86.9 Å². The zero-order valence-electron chi connectivity index (χ0n) is 54.2. The third-order valence-corrected chi connectivity index (χ3v) is 12.5. The molecule has 0 saturated carbocycles. The van der Waals surface area contributed by atoms with Crippen LogP contribution >= 0.6 is 0 Å². The molecule has 0 aliphatic carbocycles. The smallest absolute Gasteiger partial charge is 0.408 e. The molecule has 498 valence electrons. The van der Waals surface area contributed by atoms with Gasteiger partial charge in [-0.15, -0.1) is 0 Å². The number of amides is 9. The van der Waals surface area contributed by atoms with Gasteiger partial charge in [0, 0.05) is 57.9 Å². The number of ketones is 1. The number of carbonyl (C=O) groups is 10. The first-order valence-electron chi connectivity index (χ1n) is 29.9. The molecule has 1 heterocycles. The summed E-state index contributed by atoms with van der Waals surface area (Å²) in [5, 5.41) is 56.1. The van der Waals surface area contributed by atoms with E-state index in [0.29, 0.717) is 16.7 Å². The van der Waals surface area contributed by atoms with E-state index in [1.807, 2.05) is 0 Å². The lowest BCUT2D eigenvalue weighted by Gasteiger charge is -2.27. The summed E-state index contributed by atoms with van der Waals surface area (Å²) < 4.78 is 26.8. The quantitative estimate of drug-likeness (QED) is 0.0547. The Morgan fingerprint density at radius 1 is 0.539 bits per heavy atom. The molecule has 0 aromatic heterocycles. The lowest BCUT2D eigenvalue weighted by atomic mass is 9.89. The number of aliphatic hydroxyl groups excluding tert-OH is 2. The van der Waals surface area contributed by atoms with Crippen LogP contribution in [0.1, 0.15) is 154 Å². The fraction of sp³-hybridized carbons (Fsp3) is 0.645. The fourth-order valence-corrected chi connectivity index (χ4v) is 8.69. The predicted octanol–water partition coefficient (Wildman–Crippen LogP) is 4.97. The molecular weight excluding hydrogens is 1160 g/mol. The monoisotopic (exact) mass is 1260 g/mol. The summed E-state index contributed by atoms with van der Waals surface area (Å²) in [7, 11) is 0. The maximum absolute atomic E-state index is 14.7. The van der Waals surface area contributed by atoms with Crippen molar-refractivity contribution in [2.45, 2.75) is 220 Å². The first-order valence-corrected chi connectivity index (χ1v) is 29.9. The molecule has 2 aromatic carbocycles. The van der Waals surface area contributed by atoms with Crippen LogP contribution in [-0.2, 0) is 60.5 Å². The van der Waals surface area contributed by atoms with E-state index >= 15 is 0 Å². The summed E-state index contributed by atoms with van der Waals surface area (Å²) in [6, 6.07) is 6.34.